The maximum Gasteiger partial charge on any atom is 0.322 e. The largest absolute Gasteiger partial charge is 0.480 e. The molecular weight excluding hydrogens is 242 g/mol. The van der Waals surface area contributed by atoms with Gasteiger partial charge in [-0.1, -0.05) is 0 Å². The summed E-state index contributed by atoms with van der Waals surface area (Å²) in [6.45, 7) is -0.550. The van der Waals surface area contributed by atoms with Gasteiger partial charge in [0.1, 0.15) is 6.54 Å². The second kappa shape index (κ2) is 6.18. The van der Waals surface area contributed by atoms with Crippen molar-refractivity contribution in [3.05, 3.63) is 34.4 Å². The average Bonchev–Trinajstić information content (AvgIpc) is 2.34. The molecule has 0 radical (unpaired) electrons. The summed E-state index contributed by atoms with van der Waals surface area (Å²) >= 11 is 0. The van der Waals surface area contributed by atoms with Crippen LogP contribution in [-0.4, -0.2) is 35.0 Å². The van der Waals surface area contributed by atoms with Crippen LogP contribution in [0.1, 0.15) is 0 Å². The maximum atomic E-state index is 11.2. The fourth-order valence-corrected chi connectivity index (χ4v) is 1.12. The Bertz CT molecular complexity index is 457. The number of rotatable bonds is 6. The smallest absolute Gasteiger partial charge is 0.322 e. The van der Waals surface area contributed by atoms with Gasteiger partial charge in [0.2, 0.25) is 5.91 Å². The molecule has 1 aromatic carbocycles. The highest BCUT2D eigenvalue weighted by atomic mass is 16.6. The zero-order chi connectivity index (χ0) is 13.5. The Hall–Kier alpha value is -2.64. The van der Waals surface area contributed by atoms with Gasteiger partial charge in [-0.05, 0) is 12.1 Å². The minimum atomic E-state index is -1.13. The topological polar surface area (TPSA) is 122 Å². The molecular formula is C10H11N3O5. The van der Waals surface area contributed by atoms with E-state index < -0.39 is 23.3 Å². The zero-order valence-electron chi connectivity index (χ0n) is 9.25. The zero-order valence-corrected chi connectivity index (χ0v) is 9.25. The Balaban J connectivity index is 2.41. The van der Waals surface area contributed by atoms with Crippen molar-refractivity contribution in [2.45, 2.75) is 0 Å². The number of nitro groups is 1. The third kappa shape index (κ3) is 4.47. The Morgan fingerprint density at radius 3 is 2.33 bits per heavy atom. The molecule has 0 saturated carbocycles. The third-order valence-electron chi connectivity index (χ3n) is 1.97. The number of hydrogen-bond donors (Lipinski definition) is 3. The second-order valence-electron chi connectivity index (χ2n) is 3.33. The number of carbonyl (C=O) groups excluding carboxylic acids is 1. The van der Waals surface area contributed by atoms with E-state index in [1.165, 1.54) is 24.3 Å². The van der Waals surface area contributed by atoms with E-state index in [-0.39, 0.29) is 12.2 Å². The fraction of sp³-hybridized carbons (Fsp3) is 0.200. The minimum Gasteiger partial charge on any atom is -0.480 e. The number of anilines is 1. The summed E-state index contributed by atoms with van der Waals surface area (Å²) in [7, 11) is 0. The number of carboxylic acid groups (broad SMARTS) is 1. The van der Waals surface area contributed by atoms with E-state index in [0.717, 1.165) is 0 Å². The predicted molar refractivity (Wildman–Crippen MR) is 62.2 cm³/mol. The molecule has 0 spiro atoms. The van der Waals surface area contributed by atoms with Crippen LogP contribution in [0.15, 0.2) is 24.3 Å². The highest BCUT2D eigenvalue weighted by Crippen LogP contribution is 2.14. The highest BCUT2D eigenvalue weighted by molar-refractivity contribution is 5.84. The van der Waals surface area contributed by atoms with Gasteiger partial charge >= 0.3 is 5.97 Å². The number of nitrogens with one attached hydrogen (secondary N) is 2. The van der Waals surface area contributed by atoms with Gasteiger partial charge in [-0.15, -0.1) is 0 Å². The Morgan fingerprint density at radius 2 is 1.83 bits per heavy atom. The van der Waals surface area contributed by atoms with E-state index >= 15 is 0 Å². The van der Waals surface area contributed by atoms with E-state index in [4.69, 9.17) is 5.11 Å². The van der Waals surface area contributed by atoms with Gasteiger partial charge in [0.15, 0.2) is 0 Å². The van der Waals surface area contributed by atoms with Crippen LogP contribution in [0.25, 0.3) is 0 Å². The first-order chi connectivity index (χ1) is 8.49. The Labute approximate surface area is 102 Å². The lowest BCUT2D eigenvalue weighted by molar-refractivity contribution is -0.384. The molecule has 3 N–H and O–H groups in total. The first-order valence-corrected chi connectivity index (χ1v) is 4.96. The number of nitro benzene ring substituents is 1. The lowest BCUT2D eigenvalue weighted by Crippen LogP contribution is -2.33. The molecule has 96 valence electrons. The standard InChI is InChI=1S/C10H11N3O5/c14-9(12-6-10(15)16)5-11-7-1-3-8(4-2-7)13(17)18/h1-4,11H,5-6H2,(H,12,14)(H,15,16). The molecule has 0 bridgehead atoms. The summed E-state index contributed by atoms with van der Waals surface area (Å²) in [5.41, 5.74) is 0.488. The number of aliphatic carboxylic acids is 1. The van der Waals surface area contributed by atoms with E-state index in [1.54, 1.807) is 0 Å². The van der Waals surface area contributed by atoms with Crippen molar-refractivity contribution in [3.63, 3.8) is 0 Å². The molecule has 0 fully saturated rings. The monoisotopic (exact) mass is 253 g/mol. The van der Waals surface area contributed by atoms with E-state index in [0.29, 0.717) is 5.69 Å². The first-order valence-electron chi connectivity index (χ1n) is 4.96. The summed E-state index contributed by atoms with van der Waals surface area (Å²) < 4.78 is 0. The molecule has 1 aromatic rings. The average molecular weight is 253 g/mol. The van der Waals surface area contributed by atoms with Gasteiger partial charge in [-0.3, -0.25) is 19.7 Å². The molecule has 0 aliphatic carbocycles. The van der Waals surface area contributed by atoms with E-state index in [1.807, 2.05) is 0 Å². The number of non-ortho nitro benzene ring substituents is 1. The van der Waals surface area contributed by atoms with Gasteiger partial charge in [0, 0.05) is 17.8 Å². The van der Waals surface area contributed by atoms with Crippen LogP contribution in [-0.2, 0) is 9.59 Å². The van der Waals surface area contributed by atoms with Crippen LogP contribution in [0, 0.1) is 10.1 Å². The number of hydrogen-bond acceptors (Lipinski definition) is 5. The number of nitrogens with zero attached hydrogens (tertiary/aromatic N) is 1. The normalized spacial score (nSPS) is 9.56. The van der Waals surface area contributed by atoms with Crippen molar-refractivity contribution in [2.75, 3.05) is 18.4 Å². The third-order valence-corrected chi connectivity index (χ3v) is 1.97. The lowest BCUT2D eigenvalue weighted by atomic mass is 10.3. The van der Waals surface area contributed by atoms with Crippen molar-refractivity contribution >= 4 is 23.3 Å². The lowest BCUT2D eigenvalue weighted by Gasteiger charge is -2.05. The first kappa shape index (κ1) is 13.4. The molecule has 1 rings (SSSR count). The number of carbonyl (C=O) groups is 2. The van der Waals surface area contributed by atoms with E-state index in [9.17, 15) is 19.7 Å². The molecule has 0 aliphatic heterocycles. The van der Waals surface area contributed by atoms with Crippen molar-refractivity contribution in [3.8, 4) is 0 Å². The molecule has 0 aromatic heterocycles. The van der Waals surface area contributed by atoms with Crippen LogP contribution in [0.4, 0.5) is 11.4 Å². The van der Waals surface area contributed by atoms with Crippen molar-refractivity contribution in [1.29, 1.82) is 0 Å². The Kier molecular flexibility index (Phi) is 4.61. The van der Waals surface area contributed by atoms with Crippen molar-refractivity contribution in [1.82, 2.24) is 5.32 Å². The van der Waals surface area contributed by atoms with Gasteiger partial charge in [0.05, 0.1) is 11.5 Å². The van der Waals surface area contributed by atoms with E-state index in [2.05, 4.69) is 10.6 Å². The van der Waals surface area contributed by atoms with Crippen molar-refractivity contribution in [2.24, 2.45) is 0 Å². The summed E-state index contributed by atoms with van der Waals surface area (Å²) in [5, 5.41) is 23.6. The summed E-state index contributed by atoms with van der Waals surface area (Å²) in [4.78, 5) is 31.2. The van der Waals surface area contributed by atoms with Gasteiger partial charge in [0.25, 0.3) is 5.69 Å². The SMILES string of the molecule is O=C(O)CNC(=O)CNc1ccc([N+](=O)[O-])cc1. The van der Waals surface area contributed by atoms with Crippen LogP contribution in [0.5, 0.6) is 0 Å². The summed E-state index contributed by atoms with van der Waals surface area (Å²) in [5.74, 6) is -1.60. The summed E-state index contributed by atoms with van der Waals surface area (Å²) in [6.07, 6.45) is 0. The quantitative estimate of drug-likeness (QED) is 0.492. The van der Waals surface area contributed by atoms with Crippen LogP contribution in [0.3, 0.4) is 0 Å². The number of carboxylic acids is 1. The van der Waals surface area contributed by atoms with Gasteiger partial charge in [-0.2, -0.15) is 0 Å². The van der Waals surface area contributed by atoms with Gasteiger partial charge in [-0.25, -0.2) is 0 Å². The molecule has 1 amide bonds. The maximum absolute atomic E-state index is 11.2. The van der Waals surface area contributed by atoms with Crippen molar-refractivity contribution < 1.29 is 19.6 Å². The molecule has 18 heavy (non-hydrogen) atoms. The predicted octanol–water partition coefficient (Wildman–Crippen LogP) is 0.208. The number of benzene rings is 1. The molecule has 0 unspecified atom stereocenters. The number of amides is 1. The summed E-state index contributed by atoms with van der Waals surface area (Å²) in [6, 6.07) is 5.53. The van der Waals surface area contributed by atoms with Crippen LogP contribution >= 0.6 is 0 Å². The van der Waals surface area contributed by atoms with Gasteiger partial charge < -0.3 is 15.7 Å². The molecule has 0 saturated heterocycles. The highest BCUT2D eigenvalue weighted by Gasteiger charge is 2.05. The van der Waals surface area contributed by atoms with Crippen LogP contribution < -0.4 is 10.6 Å². The fourth-order valence-electron chi connectivity index (χ4n) is 1.12. The molecule has 8 heteroatoms. The molecule has 8 nitrogen and oxygen atoms in total. The minimum absolute atomic E-state index is 0.0455. The second-order valence-corrected chi connectivity index (χ2v) is 3.33. The molecule has 0 aliphatic rings. The van der Waals surface area contributed by atoms with Crippen LogP contribution in [0.2, 0.25) is 0 Å². The molecule has 0 atom stereocenters. The Morgan fingerprint density at radius 1 is 1.22 bits per heavy atom. The molecule has 0 heterocycles.